The first-order chi connectivity index (χ1) is 6.74. The molecule has 2 nitrogen and oxygen atoms in total. The average molecular weight is 188 g/mol. The first kappa shape index (κ1) is 9.25. The van der Waals surface area contributed by atoms with Crippen LogP contribution in [0.15, 0.2) is 24.7 Å². The van der Waals surface area contributed by atoms with Crippen molar-refractivity contribution in [2.75, 3.05) is 0 Å². The number of aromatic nitrogens is 2. The summed E-state index contributed by atoms with van der Waals surface area (Å²) in [7, 11) is 0. The topological polar surface area (TPSA) is 17.8 Å². The molecule has 0 aliphatic rings. The summed E-state index contributed by atoms with van der Waals surface area (Å²) in [6, 6.07) is 2.09. The fraction of sp³-hybridized carbons (Fsp3) is 0.417. The van der Waals surface area contributed by atoms with Gasteiger partial charge in [0.1, 0.15) is 0 Å². The van der Waals surface area contributed by atoms with Gasteiger partial charge in [-0.2, -0.15) is 0 Å². The van der Waals surface area contributed by atoms with Gasteiger partial charge < -0.3 is 4.57 Å². The minimum atomic E-state index is 0.564. The van der Waals surface area contributed by atoms with Crippen LogP contribution in [0.1, 0.15) is 32.3 Å². The molecule has 2 aromatic heterocycles. The number of rotatable bonds is 2. The Morgan fingerprint density at radius 3 is 2.86 bits per heavy atom. The molecule has 0 saturated carbocycles. The van der Waals surface area contributed by atoms with Crippen LogP contribution in [0.5, 0.6) is 0 Å². The summed E-state index contributed by atoms with van der Waals surface area (Å²) in [6.45, 7) is 7.64. The molecule has 2 heteroatoms. The molecule has 0 bridgehead atoms. The molecule has 0 aliphatic heterocycles. The number of pyridine rings is 1. The lowest BCUT2D eigenvalue weighted by molar-refractivity contribution is 0.780. The molecule has 0 amide bonds. The number of fused-ring (bicyclic) bond motifs is 1. The van der Waals surface area contributed by atoms with E-state index in [0.29, 0.717) is 5.92 Å². The first-order valence-electron chi connectivity index (χ1n) is 5.16. The van der Waals surface area contributed by atoms with Gasteiger partial charge in [-0.3, -0.25) is 4.98 Å². The predicted molar refractivity (Wildman–Crippen MR) is 59.5 cm³/mol. The van der Waals surface area contributed by atoms with Crippen LogP contribution in [0.3, 0.4) is 0 Å². The minimum absolute atomic E-state index is 0.564. The molecule has 0 spiro atoms. The number of aryl methyl sites for hydroxylation is 1. The molecule has 14 heavy (non-hydrogen) atoms. The van der Waals surface area contributed by atoms with Crippen LogP contribution in [-0.4, -0.2) is 9.55 Å². The van der Waals surface area contributed by atoms with Gasteiger partial charge in [0.15, 0.2) is 0 Å². The van der Waals surface area contributed by atoms with E-state index in [9.17, 15) is 0 Å². The van der Waals surface area contributed by atoms with Crippen molar-refractivity contribution in [1.29, 1.82) is 0 Å². The highest BCUT2D eigenvalue weighted by molar-refractivity contribution is 5.83. The summed E-state index contributed by atoms with van der Waals surface area (Å²) in [5.74, 6) is 0.564. The normalized spacial score (nSPS) is 11.4. The van der Waals surface area contributed by atoms with E-state index in [0.717, 1.165) is 6.54 Å². The van der Waals surface area contributed by atoms with Crippen LogP contribution in [0.2, 0.25) is 0 Å². The maximum absolute atomic E-state index is 4.19. The molecule has 0 atom stereocenters. The van der Waals surface area contributed by atoms with E-state index >= 15 is 0 Å². The van der Waals surface area contributed by atoms with Crippen molar-refractivity contribution in [1.82, 2.24) is 9.55 Å². The van der Waals surface area contributed by atoms with Crippen LogP contribution in [0.4, 0.5) is 0 Å². The highest BCUT2D eigenvalue weighted by Crippen LogP contribution is 2.26. The van der Waals surface area contributed by atoms with Gasteiger partial charge in [0.25, 0.3) is 0 Å². The standard InChI is InChI=1S/C12H16N2/c1-4-14-8-11(9(2)3)10-7-13-6-5-12(10)14/h5-9H,4H2,1-3H3. The van der Waals surface area contributed by atoms with E-state index in [1.54, 1.807) is 0 Å². The fourth-order valence-electron chi connectivity index (χ4n) is 1.89. The fourth-order valence-corrected chi connectivity index (χ4v) is 1.89. The van der Waals surface area contributed by atoms with Crippen molar-refractivity contribution in [3.05, 3.63) is 30.2 Å². The molecular formula is C12H16N2. The van der Waals surface area contributed by atoms with Crippen LogP contribution in [0.25, 0.3) is 10.9 Å². The second-order valence-electron chi connectivity index (χ2n) is 3.92. The average Bonchev–Trinajstić information content (AvgIpc) is 2.56. The Kier molecular flexibility index (Phi) is 2.28. The van der Waals surface area contributed by atoms with Gasteiger partial charge in [-0.1, -0.05) is 13.8 Å². The number of nitrogens with zero attached hydrogens (tertiary/aromatic N) is 2. The number of hydrogen-bond acceptors (Lipinski definition) is 1. The lowest BCUT2D eigenvalue weighted by Gasteiger charge is -2.00. The summed E-state index contributed by atoms with van der Waals surface area (Å²) >= 11 is 0. The second kappa shape index (κ2) is 3.45. The third-order valence-corrected chi connectivity index (χ3v) is 2.68. The van der Waals surface area contributed by atoms with E-state index in [1.807, 2.05) is 12.4 Å². The molecule has 0 aliphatic carbocycles. The summed E-state index contributed by atoms with van der Waals surface area (Å²) in [4.78, 5) is 4.19. The molecule has 0 N–H and O–H groups in total. The molecular weight excluding hydrogens is 172 g/mol. The smallest absolute Gasteiger partial charge is 0.0514 e. The Balaban J connectivity index is 2.73. The lowest BCUT2D eigenvalue weighted by Crippen LogP contribution is -1.90. The van der Waals surface area contributed by atoms with E-state index < -0.39 is 0 Å². The predicted octanol–water partition coefficient (Wildman–Crippen LogP) is 3.18. The van der Waals surface area contributed by atoms with Crippen molar-refractivity contribution in [2.24, 2.45) is 0 Å². The maximum atomic E-state index is 4.19. The van der Waals surface area contributed by atoms with E-state index in [4.69, 9.17) is 0 Å². The van der Waals surface area contributed by atoms with Crippen molar-refractivity contribution in [2.45, 2.75) is 33.2 Å². The van der Waals surface area contributed by atoms with Gasteiger partial charge in [0.05, 0.1) is 5.52 Å². The molecule has 2 heterocycles. The first-order valence-corrected chi connectivity index (χ1v) is 5.16. The summed E-state index contributed by atoms with van der Waals surface area (Å²) < 4.78 is 2.28. The largest absolute Gasteiger partial charge is 0.347 e. The zero-order chi connectivity index (χ0) is 10.1. The van der Waals surface area contributed by atoms with Crippen molar-refractivity contribution in [3.8, 4) is 0 Å². The molecule has 2 rings (SSSR count). The molecule has 2 aromatic rings. The zero-order valence-corrected chi connectivity index (χ0v) is 8.99. The van der Waals surface area contributed by atoms with Crippen molar-refractivity contribution in [3.63, 3.8) is 0 Å². The van der Waals surface area contributed by atoms with Gasteiger partial charge in [0.2, 0.25) is 0 Å². The summed E-state index contributed by atoms with van der Waals surface area (Å²) in [5.41, 5.74) is 2.70. The molecule has 0 fully saturated rings. The van der Waals surface area contributed by atoms with Gasteiger partial charge in [-0.25, -0.2) is 0 Å². The van der Waals surface area contributed by atoms with E-state index in [2.05, 4.69) is 42.6 Å². The Labute approximate surface area is 84.6 Å². The van der Waals surface area contributed by atoms with Crippen molar-refractivity contribution >= 4 is 10.9 Å². The van der Waals surface area contributed by atoms with E-state index in [1.165, 1.54) is 16.5 Å². The van der Waals surface area contributed by atoms with Crippen LogP contribution in [0, 0.1) is 0 Å². The van der Waals surface area contributed by atoms with Crippen LogP contribution >= 0.6 is 0 Å². The zero-order valence-electron chi connectivity index (χ0n) is 8.99. The van der Waals surface area contributed by atoms with Gasteiger partial charge >= 0.3 is 0 Å². The maximum Gasteiger partial charge on any atom is 0.0514 e. The molecule has 0 aromatic carbocycles. The van der Waals surface area contributed by atoms with E-state index in [-0.39, 0.29) is 0 Å². The summed E-state index contributed by atoms with van der Waals surface area (Å²) in [5, 5.41) is 1.30. The van der Waals surface area contributed by atoms with Crippen LogP contribution < -0.4 is 0 Å². The Morgan fingerprint density at radius 1 is 1.43 bits per heavy atom. The van der Waals surface area contributed by atoms with Crippen molar-refractivity contribution < 1.29 is 0 Å². The Bertz CT molecular complexity index is 441. The van der Waals surface area contributed by atoms with Crippen LogP contribution in [-0.2, 0) is 6.54 Å². The molecule has 0 unspecified atom stereocenters. The quantitative estimate of drug-likeness (QED) is 0.707. The third kappa shape index (κ3) is 1.31. The summed E-state index contributed by atoms with van der Waals surface area (Å²) in [6.07, 6.45) is 6.08. The highest BCUT2D eigenvalue weighted by Gasteiger charge is 2.09. The SMILES string of the molecule is CCn1cc(C(C)C)c2cnccc21. The molecule has 0 saturated heterocycles. The van der Waals surface area contributed by atoms with Gasteiger partial charge in [-0.05, 0) is 24.5 Å². The third-order valence-electron chi connectivity index (χ3n) is 2.68. The molecule has 74 valence electrons. The highest BCUT2D eigenvalue weighted by atomic mass is 15.0. The Morgan fingerprint density at radius 2 is 2.21 bits per heavy atom. The van der Waals surface area contributed by atoms with Gasteiger partial charge in [0, 0.05) is 30.5 Å². The Hall–Kier alpha value is -1.31. The lowest BCUT2D eigenvalue weighted by atomic mass is 10.0. The minimum Gasteiger partial charge on any atom is -0.347 e. The second-order valence-corrected chi connectivity index (χ2v) is 3.92. The van der Waals surface area contributed by atoms with Gasteiger partial charge in [-0.15, -0.1) is 0 Å². The monoisotopic (exact) mass is 188 g/mol. The number of hydrogen-bond donors (Lipinski definition) is 0. The molecule has 0 radical (unpaired) electrons.